The van der Waals surface area contributed by atoms with E-state index in [9.17, 15) is 0 Å². The van der Waals surface area contributed by atoms with Crippen molar-refractivity contribution in [3.05, 3.63) is 48.5 Å². The summed E-state index contributed by atoms with van der Waals surface area (Å²) in [6, 6.07) is 7.76. The summed E-state index contributed by atoms with van der Waals surface area (Å²) in [6.45, 7) is 0.421. The molecule has 16 heavy (non-hydrogen) atoms. The van der Waals surface area contributed by atoms with E-state index in [2.05, 4.69) is 9.97 Å². The van der Waals surface area contributed by atoms with Crippen molar-refractivity contribution in [1.29, 1.82) is 0 Å². The van der Waals surface area contributed by atoms with Gasteiger partial charge in [-0.05, 0) is 11.1 Å². The minimum Gasteiger partial charge on any atom is -0.329 e. The van der Waals surface area contributed by atoms with Crippen LogP contribution in [0.25, 0.3) is 11.1 Å². The molecule has 0 spiro atoms. The topological polar surface area (TPSA) is 77.8 Å². The zero-order valence-corrected chi connectivity index (χ0v) is 8.88. The molecule has 4 nitrogen and oxygen atoms in total. The number of rotatable bonds is 3. The van der Waals surface area contributed by atoms with Gasteiger partial charge in [-0.15, -0.1) is 0 Å². The Balaban J connectivity index is 2.49. The quantitative estimate of drug-likeness (QED) is 0.802. The van der Waals surface area contributed by atoms with E-state index in [0.29, 0.717) is 6.54 Å². The van der Waals surface area contributed by atoms with Crippen molar-refractivity contribution in [2.45, 2.75) is 6.04 Å². The number of hydrogen-bond donors (Lipinski definition) is 2. The Hall–Kier alpha value is -1.78. The predicted octanol–water partition coefficient (Wildman–Crippen LogP) is 1.10. The van der Waals surface area contributed by atoms with Crippen molar-refractivity contribution in [2.75, 3.05) is 6.54 Å². The molecular weight excluding hydrogens is 200 g/mol. The Kier molecular flexibility index (Phi) is 3.24. The highest BCUT2D eigenvalue weighted by molar-refractivity contribution is 5.66. The van der Waals surface area contributed by atoms with Gasteiger partial charge in [0.25, 0.3) is 0 Å². The van der Waals surface area contributed by atoms with Crippen LogP contribution in [-0.4, -0.2) is 16.5 Å². The Morgan fingerprint density at radius 1 is 1.12 bits per heavy atom. The predicted molar refractivity (Wildman–Crippen MR) is 63.5 cm³/mol. The molecular formula is C12H14N4. The molecule has 1 atom stereocenters. The van der Waals surface area contributed by atoms with Gasteiger partial charge in [-0.3, -0.25) is 0 Å². The monoisotopic (exact) mass is 214 g/mol. The van der Waals surface area contributed by atoms with Crippen LogP contribution in [0.2, 0.25) is 0 Å². The van der Waals surface area contributed by atoms with Gasteiger partial charge in [-0.25, -0.2) is 9.97 Å². The van der Waals surface area contributed by atoms with E-state index in [0.717, 1.165) is 16.7 Å². The van der Waals surface area contributed by atoms with Crippen molar-refractivity contribution >= 4 is 0 Å². The first-order valence-electron chi connectivity index (χ1n) is 5.13. The lowest BCUT2D eigenvalue weighted by Crippen LogP contribution is -2.21. The van der Waals surface area contributed by atoms with Crippen LogP contribution >= 0.6 is 0 Å². The Bertz CT molecular complexity index is 456. The number of hydrogen-bond acceptors (Lipinski definition) is 4. The van der Waals surface area contributed by atoms with Crippen LogP contribution in [0, 0.1) is 0 Å². The second-order valence-corrected chi connectivity index (χ2v) is 3.56. The first kappa shape index (κ1) is 10.7. The molecule has 4 N–H and O–H groups in total. The van der Waals surface area contributed by atoms with Gasteiger partial charge in [0.2, 0.25) is 0 Å². The van der Waals surface area contributed by atoms with Gasteiger partial charge in [0, 0.05) is 30.5 Å². The number of benzene rings is 1. The van der Waals surface area contributed by atoms with Crippen LogP contribution in [0.15, 0.2) is 43.0 Å². The summed E-state index contributed by atoms with van der Waals surface area (Å²) in [5.41, 5.74) is 14.6. The molecule has 1 aromatic carbocycles. The fourth-order valence-electron chi connectivity index (χ4n) is 1.65. The maximum atomic E-state index is 5.97. The van der Waals surface area contributed by atoms with Crippen molar-refractivity contribution < 1.29 is 0 Å². The summed E-state index contributed by atoms with van der Waals surface area (Å²) >= 11 is 0. The highest BCUT2D eigenvalue weighted by Gasteiger charge is 2.10. The lowest BCUT2D eigenvalue weighted by Gasteiger charge is -2.14. The SMILES string of the molecule is NC[C@@H](N)c1ccccc1-c1cncnc1. The lowest BCUT2D eigenvalue weighted by atomic mass is 9.97. The van der Waals surface area contributed by atoms with E-state index in [1.54, 1.807) is 12.4 Å². The van der Waals surface area contributed by atoms with E-state index in [-0.39, 0.29) is 6.04 Å². The second-order valence-electron chi connectivity index (χ2n) is 3.56. The minimum atomic E-state index is -0.156. The average molecular weight is 214 g/mol. The maximum Gasteiger partial charge on any atom is 0.115 e. The van der Waals surface area contributed by atoms with Gasteiger partial charge in [-0.2, -0.15) is 0 Å². The van der Waals surface area contributed by atoms with E-state index >= 15 is 0 Å². The summed E-state index contributed by atoms with van der Waals surface area (Å²) in [5.74, 6) is 0. The summed E-state index contributed by atoms with van der Waals surface area (Å²) < 4.78 is 0. The van der Waals surface area contributed by atoms with E-state index in [4.69, 9.17) is 11.5 Å². The molecule has 1 heterocycles. The summed E-state index contributed by atoms with van der Waals surface area (Å²) in [7, 11) is 0. The first-order chi connectivity index (χ1) is 7.83. The van der Waals surface area contributed by atoms with E-state index in [1.807, 2.05) is 24.3 Å². The van der Waals surface area contributed by atoms with Crippen LogP contribution in [0.4, 0.5) is 0 Å². The molecule has 0 aliphatic heterocycles. The Morgan fingerprint density at radius 3 is 2.50 bits per heavy atom. The molecule has 2 rings (SSSR count). The summed E-state index contributed by atoms with van der Waals surface area (Å²) in [6.07, 6.45) is 5.05. The van der Waals surface area contributed by atoms with Gasteiger partial charge < -0.3 is 11.5 Å². The molecule has 0 radical (unpaired) electrons. The Labute approximate surface area is 94.3 Å². The fourth-order valence-corrected chi connectivity index (χ4v) is 1.65. The van der Waals surface area contributed by atoms with Crippen LogP contribution in [0.3, 0.4) is 0 Å². The third kappa shape index (κ3) is 2.08. The molecule has 0 bridgehead atoms. The molecule has 0 fully saturated rings. The van der Waals surface area contributed by atoms with Crippen LogP contribution in [0.5, 0.6) is 0 Å². The van der Waals surface area contributed by atoms with Gasteiger partial charge in [0.1, 0.15) is 6.33 Å². The smallest absolute Gasteiger partial charge is 0.115 e. The standard InChI is InChI=1S/C12H14N4/c13-5-12(14)11-4-2-1-3-10(11)9-6-15-8-16-7-9/h1-4,6-8,12H,5,13-14H2/t12-/m1/s1. The number of aromatic nitrogens is 2. The molecule has 2 aromatic rings. The van der Waals surface area contributed by atoms with Crippen molar-refractivity contribution in [1.82, 2.24) is 9.97 Å². The van der Waals surface area contributed by atoms with Gasteiger partial charge in [-0.1, -0.05) is 24.3 Å². The van der Waals surface area contributed by atoms with Gasteiger partial charge in [0.15, 0.2) is 0 Å². The van der Waals surface area contributed by atoms with E-state index in [1.165, 1.54) is 6.33 Å². The van der Waals surface area contributed by atoms with Crippen LogP contribution in [-0.2, 0) is 0 Å². The van der Waals surface area contributed by atoms with Crippen LogP contribution in [0.1, 0.15) is 11.6 Å². The van der Waals surface area contributed by atoms with Gasteiger partial charge >= 0.3 is 0 Å². The molecule has 0 saturated carbocycles. The second kappa shape index (κ2) is 4.83. The third-order valence-electron chi connectivity index (χ3n) is 2.49. The molecule has 0 aliphatic carbocycles. The van der Waals surface area contributed by atoms with Gasteiger partial charge in [0.05, 0.1) is 0 Å². The molecule has 1 aromatic heterocycles. The zero-order chi connectivity index (χ0) is 11.4. The lowest BCUT2D eigenvalue weighted by molar-refractivity contribution is 0.739. The molecule has 0 saturated heterocycles. The number of nitrogens with two attached hydrogens (primary N) is 2. The largest absolute Gasteiger partial charge is 0.329 e. The third-order valence-corrected chi connectivity index (χ3v) is 2.49. The molecule has 0 amide bonds. The molecule has 0 aliphatic rings. The van der Waals surface area contributed by atoms with Crippen molar-refractivity contribution in [2.24, 2.45) is 11.5 Å². The average Bonchev–Trinajstić information content (AvgIpc) is 2.39. The molecule has 4 heteroatoms. The minimum absolute atomic E-state index is 0.156. The normalized spacial score (nSPS) is 12.4. The highest BCUT2D eigenvalue weighted by atomic mass is 14.8. The van der Waals surface area contributed by atoms with E-state index < -0.39 is 0 Å². The molecule has 82 valence electrons. The first-order valence-corrected chi connectivity index (χ1v) is 5.13. The maximum absolute atomic E-state index is 5.97. The fraction of sp³-hybridized carbons (Fsp3) is 0.167. The highest BCUT2D eigenvalue weighted by Crippen LogP contribution is 2.25. The van der Waals surface area contributed by atoms with Crippen molar-refractivity contribution in [3.63, 3.8) is 0 Å². The number of nitrogens with zero attached hydrogens (tertiary/aromatic N) is 2. The van der Waals surface area contributed by atoms with Crippen LogP contribution < -0.4 is 11.5 Å². The van der Waals surface area contributed by atoms with Crippen molar-refractivity contribution in [3.8, 4) is 11.1 Å². The molecule has 0 unspecified atom stereocenters. The zero-order valence-electron chi connectivity index (χ0n) is 8.88. The Morgan fingerprint density at radius 2 is 1.81 bits per heavy atom. The summed E-state index contributed by atoms with van der Waals surface area (Å²) in [4.78, 5) is 8.01. The summed E-state index contributed by atoms with van der Waals surface area (Å²) in [5, 5.41) is 0.